The lowest BCUT2D eigenvalue weighted by atomic mass is 9.99. The van der Waals surface area contributed by atoms with Gasteiger partial charge < -0.3 is 15.0 Å². The maximum atomic E-state index is 12.6. The smallest absolute Gasteiger partial charge is 0.317 e. The fourth-order valence-electron chi connectivity index (χ4n) is 3.17. The van der Waals surface area contributed by atoms with Crippen LogP contribution in [0.5, 0.6) is 0 Å². The fraction of sp³-hybridized carbons (Fsp3) is 0.750. The first-order chi connectivity index (χ1) is 10.7. The second-order valence-corrected chi connectivity index (χ2v) is 7.39. The highest BCUT2D eigenvalue weighted by molar-refractivity contribution is 7.09. The van der Waals surface area contributed by atoms with Crippen molar-refractivity contribution in [2.45, 2.75) is 38.6 Å². The molecule has 6 heteroatoms. The molecule has 0 aromatic carbocycles. The van der Waals surface area contributed by atoms with Crippen LogP contribution in [-0.2, 0) is 4.74 Å². The van der Waals surface area contributed by atoms with Gasteiger partial charge in [0.25, 0.3) is 0 Å². The van der Waals surface area contributed by atoms with Gasteiger partial charge in [-0.05, 0) is 38.5 Å². The fourth-order valence-corrected chi connectivity index (χ4v) is 4.11. The SMILES string of the molecule is COC[C@H]1CCCN(C(=O)N[C@H](c2nc(C)cs2)C2CC2)C1. The number of hydrogen-bond acceptors (Lipinski definition) is 4. The Balaban J connectivity index is 1.61. The molecule has 0 unspecified atom stereocenters. The second kappa shape index (κ2) is 6.96. The number of carbonyl (C=O) groups is 1. The molecular formula is C16H25N3O2S. The molecule has 1 aliphatic carbocycles. The Bertz CT molecular complexity index is 513. The minimum absolute atomic E-state index is 0.0607. The number of carbonyl (C=O) groups excluding carboxylic acids is 1. The summed E-state index contributed by atoms with van der Waals surface area (Å²) in [6.45, 7) is 4.39. The van der Waals surface area contributed by atoms with Crippen molar-refractivity contribution in [2.75, 3.05) is 26.8 Å². The number of thiazole rings is 1. The lowest BCUT2D eigenvalue weighted by Gasteiger charge is -2.33. The van der Waals surface area contributed by atoms with Crippen LogP contribution >= 0.6 is 11.3 Å². The molecule has 1 aromatic rings. The third-order valence-corrected chi connectivity index (χ3v) is 5.53. The monoisotopic (exact) mass is 323 g/mol. The van der Waals surface area contributed by atoms with E-state index in [0.717, 1.165) is 43.2 Å². The Kier molecular flexibility index (Phi) is 4.98. The van der Waals surface area contributed by atoms with Gasteiger partial charge in [0.1, 0.15) is 5.01 Å². The van der Waals surface area contributed by atoms with Gasteiger partial charge in [0.05, 0.1) is 12.6 Å². The number of rotatable bonds is 5. The molecule has 0 bridgehead atoms. The summed E-state index contributed by atoms with van der Waals surface area (Å²) in [5, 5.41) is 6.35. The Labute approximate surface area is 136 Å². The molecule has 2 fully saturated rings. The summed E-state index contributed by atoms with van der Waals surface area (Å²) in [4.78, 5) is 19.1. The summed E-state index contributed by atoms with van der Waals surface area (Å²) in [5.41, 5.74) is 1.04. The molecule has 1 saturated carbocycles. The molecule has 1 aromatic heterocycles. The first-order valence-corrected chi connectivity index (χ1v) is 9.01. The van der Waals surface area contributed by atoms with Gasteiger partial charge in [-0.2, -0.15) is 0 Å². The average Bonchev–Trinajstić information content (AvgIpc) is 3.26. The number of ether oxygens (including phenoxy) is 1. The summed E-state index contributed by atoms with van der Waals surface area (Å²) in [6, 6.07) is 0.152. The Morgan fingerprint density at radius 1 is 1.55 bits per heavy atom. The highest BCUT2D eigenvalue weighted by Gasteiger charge is 2.36. The van der Waals surface area contributed by atoms with Crippen molar-refractivity contribution in [2.24, 2.45) is 11.8 Å². The van der Waals surface area contributed by atoms with Gasteiger partial charge in [-0.15, -0.1) is 11.3 Å². The molecule has 1 N–H and O–H groups in total. The van der Waals surface area contributed by atoms with Crippen molar-refractivity contribution in [3.63, 3.8) is 0 Å². The third kappa shape index (κ3) is 3.79. The molecule has 22 heavy (non-hydrogen) atoms. The Morgan fingerprint density at radius 2 is 2.36 bits per heavy atom. The molecule has 2 aliphatic rings. The highest BCUT2D eigenvalue weighted by atomic mass is 32.1. The molecule has 3 rings (SSSR count). The number of aryl methyl sites for hydroxylation is 1. The van der Waals surface area contributed by atoms with Crippen LogP contribution in [0.3, 0.4) is 0 Å². The number of hydrogen-bond donors (Lipinski definition) is 1. The third-order valence-electron chi connectivity index (χ3n) is 4.48. The van der Waals surface area contributed by atoms with Crippen molar-refractivity contribution in [3.05, 3.63) is 16.1 Å². The zero-order valence-corrected chi connectivity index (χ0v) is 14.2. The molecule has 0 spiro atoms. The van der Waals surface area contributed by atoms with E-state index in [1.54, 1.807) is 18.4 Å². The van der Waals surface area contributed by atoms with Crippen LogP contribution in [-0.4, -0.2) is 42.7 Å². The first kappa shape index (κ1) is 15.7. The summed E-state index contributed by atoms with van der Waals surface area (Å²) >= 11 is 1.66. The minimum atomic E-state index is 0.0607. The van der Waals surface area contributed by atoms with Crippen LogP contribution in [0.25, 0.3) is 0 Å². The van der Waals surface area contributed by atoms with E-state index in [-0.39, 0.29) is 12.1 Å². The molecule has 0 radical (unpaired) electrons. The maximum absolute atomic E-state index is 12.6. The number of methoxy groups -OCH3 is 1. The lowest BCUT2D eigenvalue weighted by Crippen LogP contribution is -2.47. The van der Waals surface area contributed by atoms with Crippen molar-refractivity contribution in [1.82, 2.24) is 15.2 Å². The quantitative estimate of drug-likeness (QED) is 0.906. The van der Waals surface area contributed by atoms with Crippen LogP contribution in [0, 0.1) is 18.8 Å². The standard InChI is InChI=1S/C16H25N3O2S/c1-11-10-22-15(17-11)14(13-5-6-13)18-16(20)19-7-3-4-12(8-19)9-21-2/h10,12-14H,3-9H2,1-2H3,(H,18,20)/t12-,14-/m0/s1. The van der Waals surface area contributed by atoms with Crippen molar-refractivity contribution in [1.29, 1.82) is 0 Å². The van der Waals surface area contributed by atoms with Crippen molar-refractivity contribution in [3.8, 4) is 0 Å². The maximum Gasteiger partial charge on any atom is 0.317 e. The molecular weight excluding hydrogens is 298 g/mol. The molecule has 122 valence electrons. The van der Waals surface area contributed by atoms with Gasteiger partial charge >= 0.3 is 6.03 Å². The van der Waals surface area contributed by atoms with Crippen LogP contribution in [0.1, 0.15) is 42.4 Å². The van der Waals surface area contributed by atoms with E-state index < -0.39 is 0 Å². The van der Waals surface area contributed by atoms with E-state index >= 15 is 0 Å². The van der Waals surface area contributed by atoms with Crippen molar-refractivity contribution < 1.29 is 9.53 Å². The number of urea groups is 1. The Hall–Kier alpha value is -1.14. The lowest BCUT2D eigenvalue weighted by molar-refractivity contribution is 0.0992. The second-order valence-electron chi connectivity index (χ2n) is 6.50. The number of aromatic nitrogens is 1. The van der Waals surface area contributed by atoms with E-state index in [1.165, 1.54) is 12.8 Å². The van der Waals surface area contributed by atoms with E-state index in [1.807, 2.05) is 11.8 Å². The van der Waals surface area contributed by atoms with E-state index in [0.29, 0.717) is 11.8 Å². The molecule has 2 heterocycles. The van der Waals surface area contributed by atoms with Gasteiger partial charge in [-0.3, -0.25) is 0 Å². The summed E-state index contributed by atoms with van der Waals surface area (Å²) in [5.74, 6) is 1.03. The zero-order valence-electron chi connectivity index (χ0n) is 13.4. The normalized spacial score (nSPS) is 23.4. The van der Waals surface area contributed by atoms with Crippen molar-refractivity contribution >= 4 is 17.4 Å². The predicted molar refractivity (Wildman–Crippen MR) is 87.0 cm³/mol. The molecule has 5 nitrogen and oxygen atoms in total. The van der Waals surface area contributed by atoms with Gasteiger partial charge in [0, 0.05) is 37.2 Å². The predicted octanol–water partition coefficient (Wildman–Crippen LogP) is 2.97. The highest BCUT2D eigenvalue weighted by Crippen LogP contribution is 2.42. The van der Waals surface area contributed by atoms with Gasteiger partial charge in [-0.1, -0.05) is 0 Å². The first-order valence-electron chi connectivity index (χ1n) is 8.13. The zero-order chi connectivity index (χ0) is 15.5. The van der Waals surface area contributed by atoms with Gasteiger partial charge in [0.15, 0.2) is 0 Å². The number of piperidine rings is 1. The van der Waals surface area contributed by atoms with E-state index in [9.17, 15) is 4.79 Å². The number of nitrogens with one attached hydrogen (secondary N) is 1. The van der Waals surface area contributed by atoms with Gasteiger partial charge in [0.2, 0.25) is 0 Å². The minimum Gasteiger partial charge on any atom is -0.384 e. The van der Waals surface area contributed by atoms with Crippen LogP contribution in [0.2, 0.25) is 0 Å². The number of likely N-dealkylation sites (tertiary alicyclic amines) is 1. The molecule has 1 saturated heterocycles. The van der Waals surface area contributed by atoms with E-state index in [2.05, 4.69) is 15.7 Å². The van der Waals surface area contributed by atoms with Crippen LogP contribution in [0.4, 0.5) is 4.79 Å². The molecule has 2 amide bonds. The van der Waals surface area contributed by atoms with E-state index in [4.69, 9.17) is 4.74 Å². The summed E-state index contributed by atoms with van der Waals surface area (Å²) in [6.07, 6.45) is 4.59. The molecule has 2 atom stereocenters. The average molecular weight is 323 g/mol. The van der Waals surface area contributed by atoms with Crippen LogP contribution < -0.4 is 5.32 Å². The van der Waals surface area contributed by atoms with Gasteiger partial charge in [-0.25, -0.2) is 9.78 Å². The topological polar surface area (TPSA) is 54.5 Å². The summed E-state index contributed by atoms with van der Waals surface area (Å²) in [7, 11) is 1.73. The summed E-state index contributed by atoms with van der Waals surface area (Å²) < 4.78 is 5.24. The van der Waals surface area contributed by atoms with Crippen LogP contribution in [0.15, 0.2) is 5.38 Å². The largest absolute Gasteiger partial charge is 0.384 e. The molecule has 1 aliphatic heterocycles. The number of amides is 2. The number of nitrogens with zero attached hydrogens (tertiary/aromatic N) is 2. The Morgan fingerprint density at radius 3 is 3.00 bits per heavy atom.